The monoisotopic (exact) mass is 226 g/mol. The van der Waals surface area contributed by atoms with Gasteiger partial charge in [0, 0.05) is 0 Å². The van der Waals surface area contributed by atoms with Crippen molar-refractivity contribution in [3.63, 3.8) is 0 Å². The van der Waals surface area contributed by atoms with Gasteiger partial charge in [-0.15, -0.1) is 0 Å². The van der Waals surface area contributed by atoms with Crippen LogP contribution in [-0.4, -0.2) is 5.11 Å². The highest BCUT2D eigenvalue weighted by Crippen LogP contribution is 2.26. The minimum atomic E-state index is 0.359. The van der Waals surface area contributed by atoms with Crippen LogP contribution in [-0.2, 0) is 6.42 Å². The van der Waals surface area contributed by atoms with E-state index in [4.69, 9.17) is 0 Å². The molecule has 88 valence electrons. The molecule has 1 nitrogen and oxygen atoms in total. The van der Waals surface area contributed by atoms with E-state index in [-0.39, 0.29) is 0 Å². The highest BCUT2D eigenvalue weighted by atomic mass is 16.3. The molecule has 2 rings (SSSR count). The number of hydrogen-bond donors (Lipinski definition) is 1. The van der Waals surface area contributed by atoms with E-state index in [0.29, 0.717) is 5.75 Å². The zero-order valence-corrected chi connectivity index (χ0v) is 10.2. The molecule has 0 amide bonds. The molecule has 2 aromatic rings. The molecule has 1 N–H and O–H groups in total. The van der Waals surface area contributed by atoms with Crippen molar-refractivity contribution in [1.29, 1.82) is 0 Å². The second-order valence-electron chi connectivity index (χ2n) is 4.36. The Morgan fingerprint density at radius 3 is 2.41 bits per heavy atom. The lowest BCUT2D eigenvalue weighted by Crippen LogP contribution is -1.86. The Bertz CT molecular complexity index is 474. The molecule has 0 aliphatic rings. The molecule has 1 heteroatoms. The summed E-state index contributed by atoms with van der Waals surface area (Å²) in [5.41, 5.74) is 3.46. The van der Waals surface area contributed by atoms with Gasteiger partial charge >= 0.3 is 0 Å². The number of unbranched alkanes of at least 4 members (excludes halogenated alkanes) is 1. The number of rotatable bonds is 4. The van der Waals surface area contributed by atoms with Crippen LogP contribution in [0.4, 0.5) is 0 Å². The zero-order chi connectivity index (χ0) is 12.1. The summed E-state index contributed by atoms with van der Waals surface area (Å²) < 4.78 is 0. The molecule has 0 unspecified atom stereocenters. The van der Waals surface area contributed by atoms with Gasteiger partial charge in [0.05, 0.1) is 0 Å². The quantitative estimate of drug-likeness (QED) is 0.819. The third kappa shape index (κ3) is 3.10. The average Bonchev–Trinajstić information content (AvgIpc) is 2.37. The normalized spacial score (nSPS) is 10.4. The highest BCUT2D eigenvalue weighted by Gasteiger charge is 2.02. The Morgan fingerprint density at radius 1 is 0.941 bits per heavy atom. The fraction of sp³-hybridized carbons (Fsp3) is 0.250. The van der Waals surface area contributed by atoms with Gasteiger partial charge in [-0.25, -0.2) is 0 Å². The minimum Gasteiger partial charge on any atom is -0.508 e. The fourth-order valence-corrected chi connectivity index (χ4v) is 2.00. The number of phenolic OH excluding ortho intramolecular Hbond substituents is 1. The Hall–Kier alpha value is -1.76. The second-order valence-corrected chi connectivity index (χ2v) is 4.36. The van der Waals surface area contributed by atoms with E-state index in [1.165, 1.54) is 12.0 Å². The third-order valence-corrected chi connectivity index (χ3v) is 2.90. The number of aryl methyl sites for hydroxylation is 1. The SMILES string of the molecule is CCCCc1cc(O)cc(-c2ccccc2)c1. The number of aromatic hydroxyl groups is 1. The molecule has 0 aliphatic carbocycles. The van der Waals surface area contributed by atoms with Gasteiger partial charge in [0.1, 0.15) is 5.75 Å². The molecular formula is C16H18O. The predicted molar refractivity (Wildman–Crippen MR) is 72.2 cm³/mol. The highest BCUT2D eigenvalue weighted by molar-refractivity contribution is 5.65. The molecule has 0 spiro atoms. The van der Waals surface area contributed by atoms with Crippen molar-refractivity contribution in [3.05, 3.63) is 54.1 Å². The van der Waals surface area contributed by atoms with Gasteiger partial charge in [-0.3, -0.25) is 0 Å². The zero-order valence-electron chi connectivity index (χ0n) is 10.2. The molecule has 0 atom stereocenters. The Kier molecular flexibility index (Phi) is 3.81. The van der Waals surface area contributed by atoms with Crippen molar-refractivity contribution in [1.82, 2.24) is 0 Å². The van der Waals surface area contributed by atoms with Crippen LogP contribution >= 0.6 is 0 Å². The largest absolute Gasteiger partial charge is 0.508 e. The van der Waals surface area contributed by atoms with Gasteiger partial charge in [0.25, 0.3) is 0 Å². The maximum absolute atomic E-state index is 9.75. The maximum atomic E-state index is 9.75. The third-order valence-electron chi connectivity index (χ3n) is 2.90. The number of benzene rings is 2. The number of phenols is 1. The van der Waals surface area contributed by atoms with E-state index in [1.807, 2.05) is 30.3 Å². The van der Waals surface area contributed by atoms with Crippen LogP contribution in [0.2, 0.25) is 0 Å². The van der Waals surface area contributed by atoms with Crippen molar-refractivity contribution in [2.45, 2.75) is 26.2 Å². The van der Waals surface area contributed by atoms with Gasteiger partial charge in [-0.05, 0) is 41.7 Å². The van der Waals surface area contributed by atoms with E-state index >= 15 is 0 Å². The second kappa shape index (κ2) is 5.53. The summed E-state index contributed by atoms with van der Waals surface area (Å²) in [5.74, 6) is 0.359. The van der Waals surface area contributed by atoms with E-state index in [0.717, 1.165) is 24.0 Å². The summed E-state index contributed by atoms with van der Waals surface area (Å²) in [4.78, 5) is 0. The predicted octanol–water partition coefficient (Wildman–Crippen LogP) is 4.40. The van der Waals surface area contributed by atoms with Crippen molar-refractivity contribution < 1.29 is 5.11 Å². The molecule has 0 saturated heterocycles. The first-order valence-corrected chi connectivity index (χ1v) is 6.18. The van der Waals surface area contributed by atoms with Crippen LogP contribution in [0, 0.1) is 0 Å². The van der Waals surface area contributed by atoms with Crippen LogP contribution in [0.1, 0.15) is 25.3 Å². The van der Waals surface area contributed by atoms with Crippen LogP contribution in [0.25, 0.3) is 11.1 Å². The summed E-state index contributed by atoms with van der Waals surface area (Å²) in [6.07, 6.45) is 3.37. The molecule has 2 aromatic carbocycles. The molecule has 0 aromatic heterocycles. The first-order valence-electron chi connectivity index (χ1n) is 6.18. The molecule has 0 bridgehead atoms. The lowest BCUT2D eigenvalue weighted by molar-refractivity contribution is 0.474. The topological polar surface area (TPSA) is 20.2 Å². The van der Waals surface area contributed by atoms with E-state index in [1.54, 1.807) is 0 Å². The van der Waals surface area contributed by atoms with Gasteiger partial charge in [-0.1, -0.05) is 49.7 Å². The Balaban J connectivity index is 2.32. The smallest absolute Gasteiger partial charge is 0.116 e. The van der Waals surface area contributed by atoms with Crippen molar-refractivity contribution >= 4 is 0 Å². The lowest BCUT2D eigenvalue weighted by atomic mass is 10.00. The molecular weight excluding hydrogens is 208 g/mol. The number of hydrogen-bond acceptors (Lipinski definition) is 1. The van der Waals surface area contributed by atoms with Crippen molar-refractivity contribution in [2.24, 2.45) is 0 Å². The molecule has 0 heterocycles. The minimum absolute atomic E-state index is 0.359. The standard InChI is InChI=1S/C16H18O/c1-2-3-7-13-10-15(12-16(17)11-13)14-8-5-4-6-9-14/h4-6,8-12,17H,2-3,7H2,1H3. The van der Waals surface area contributed by atoms with Gasteiger partial charge in [-0.2, -0.15) is 0 Å². The van der Waals surface area contributed by atoms with Gasteiger partial charge in [0.2, 0.25) is 0 Å². The fourth-order valence-electron chi connectivity index (χ4n) is 2.00. The molecule has 0 aliphatic heterocycles. The van der Waals surface area contributed by atoms with Crippen molar-refractivity contribution in [2.75, 3.05) is 0 Å². The molecule has 17 heavy (non-hydrogen) atoms. The summed E-state index contributed by atoms with van der Waals surface area (Å²) in [6.45, 7) is 2.18. The summed E-state index contributed by atoms with van der Waals surface area (Å²) >= 11 is 0. The summed E-state index contributed by atoms with van der Waals surface area (Å²) in [5, 5.41) is 9.75. The molecule has 0 fully saturated rings. The molecule has 0 radical (unpaired) electrons. The summed E-state index contributed by atoms with van der Waals surface area (Å²) in [7, 11) is 0. The first-order chi connectivity index (χ1) is 8.29. The Labute approximate surface area is 103 Å². The van der Waals surface area contributed by atoms with E-state index < -0.39 is 0 Å². The lowest BCUT2D eigenvalue weighted by Gasteiger charge is -2.06. The van der Waals surface area contributed by atoms with Crippen LogP contribution in [0.5, 0.6) is 5.75 Å². The van der Waals surface area contributed by atoms with Crippen LogP contribution in [0.15, 0.2) is 48.5 Å². The summed E-state index contributed by atoms with van der Waals surface area (Å²) in [6, 6.07) is 16.0. The van der Waals surface area contributed by atoms with Gasteiger partial charge < -0.3 is 5.11 Å². The van der Waals surface area contributed by atoms with E-state index in [9.17, 15) is 5.11 Å². The average molecular weight is 226 g/mol. The van der Waals surface area contributed by atoms with Gasteiger partial charge in [0.15, 0.2) is 0 Å². The van der Waals surface area contributed by atoms with Crippen LogP contribution < -0.4 is 0 Å². The molecule has 0 saturated carbocycles. The van der Waals surface area contributed by atoms with Crippen molar-refractivity contribution in [3.8, 4) is 16.9 Å². The van der Waals surface area contributed by atoms with E-state index in [2.05, 4.69) is 25.1 Å². The maximum Gasteiger partial charge on any atom is 0.116 e. The van der Waals surface area contributed by atoms with Crippen LogP contribution in [0.3, 0.4) is 0 Å². The Morgan fingerprint density at radius 2 is 1.71 bits per heavy atom. The first kappa shape index (κ1) is 11.7.